The molecule has 0 unspecified atom stereocenters. The molecule has 2 rings (SSSR count). The van der Waals surface area contributed by atoms with Gasteiger partial charge in [0.2, 0.25) is 5.91 Å². The standard InChI is InChI=1S/C16H17NO2/c1-12(18)17-15-10-9-14(11-16(15)19)8-7-13-5-3-2-4-6-13/h2-6,9-11,19H,7-8H2,1H3,(H,17,18). The van der Waals surface area contributed by atoms with Gasteiger partial charge in [0.15, 0.2) is 0 Å². The van der Waals surface area contributed by atoms with Crippen molar-refractivity contribution in [2.75, 3.05) is 5.32 Å². The minimum atomic E-state index is -0.188. The average Bonchev–Trinajstić information content (AvgIpc) is 2.40. The summed E-state index contributed by atoms with van der Waals surface area (Å²) in [5.41, 5.74) is 2.78. The fourth-order valence-electron chi connectivity index (χ4n) is 1.96. The lowest BCUT2D eigenvalue weighted by Gasteiger charge is -2.08. The lowest BCUT2D eigenvalue weighted by molar-refractivity contribution is -0.114. The zero-order chi connectivity index (χ0) is 13.7. The molecule has 19 heavy (non-hydrogen) atoms. The predicted molar refractivity (Wildman–Crippen MR) is 76.3 cm³/mol. The summed E-state index contributed by atoms with van der Waals surface area (Å²) < 4.78 is 0. The fourth-order valence-corrected chi connectivity index (χ4v) is 1.96. The Hall–Kier alpha value is -2.29. The van der Waals surface area contributed by atoms with Crippen LogP contribution in [0.4, 0.5) is 5.69 Å². The van der Waals surface area contributed by atoms with Crippen molar-refractivity contribution in [1.82, 2.24) is 0 Å². The van der Waals surface area contributed by atoms with Gasteiger partial charge >= 0.3 is 0 Å². The third-order valence-electron chi connectivity index (χ3n) is 2.92. The molecular weight excluding hydrogens is 238 g/mol. The Kier molecular flexibility index (Phi) is 4.18. The van der Waals surface area contributed by atoms with E-state index in [1.807, 2.05) is 24.3 Å². The van der Waals surface area contributed by atoms with Crippen LogP contribution in [0.3, 0.4) is 0 Å². The van der Waals surface area contributed by atoms with Gasteiger partial charge in [-0.2, -0.15) is 0 Å². The van der Waals surface area contributed by atoms with Crippen LogP contribution in [0.15, 0.2) is 48.5 Å². The summed E-state index contributed by atoms with van der Waals surface area (Å²) >= 11 is 0. The molecule has 3 heteroatoms. The van der Waals surface area contributed by atoms with E-state index in [-0.39, 0.29) is 11.7 Å². The summed E-state index contributed by atoms with van der Waals surface area (Å²) in [5.74, 6) is -0.0758. The number of rotatable bonds is 4. The minimum absolute atomic E-state index is 0.112. The number of amides is 1. The first-order valence-electron chi connectivity index (χ1n) is 6.28. The van der Waals surface area contributed by atoms with E-state index in [1.54, 1.807) is 12.1 Å². The van der Waals surface area contributed by atoms with Crippen LogP contribution in [0.25, 0.3) is 0 Å². The van der Waals surface area contributed by atoms with E-state index in [4.69, 9.17) is 0 Å². The molecule has 0 spiro atoms. The molecule has 0 atom stereocenters. The van der Waals surface area contributed by atoms with Gasteiger partial charge in [0.25, 0.3) is 0 Å². The highest BCUT2D eigenvalue weighted by Gasteiger charge is 2.04. The van der Waals surface area contributed by atoms with E-state index in [9.17, 15) is 9.90 Å². The van der Waals surface area contributed by atoms with E-state index in [0.29, 0.717) is 5.69 Å². The van der Waals surface area contributed by atoms with Gasteiger partial charge in [0.05, 0.1) is 5.69 Å². The van der Waals surface area contributed by atoms with Gasteiger partial charge in [-0.15, -0.1) is 0 Å². The molecule has 0 aliphatic heterocycles. The molecule has 0 fully saturated rings. The molecule has 0 aliphatic rings. The van der Waals surface area contributed by atoms with Gasteiger partial charge in [0, 0.05) is 6.92 Å². The quantitative estimate of drug-likeness (QED) is 0.825. The first kappa shape index (κ1) is 13.1. The maximum atomic E-state index is 10.9. The number of nitrogens with one attached hydrogen (secondary N) is 1. The molecule has 0 aromatic heterocycles. The van der Waals surface area contributed by atoms with Gasteiger partial charge in [-0.3, -0.25) is 4.79 Å². The SMILES string of the molecule is CC(=O)Nc1ccc(CCc2ccccc2)cc1O. The number of anilines is 1. The second kappa shape index (κ2) is 6.05. The zero-order valence-electron chi connectivity index (χ0n) is 10.9. The van der Waals surface area contributed by atoms with Crippen LogP contribution < -0.4 is 5.32 Å². The van der Waals surface area contributed by atoms with Crippen LogP contribution in [-0.4, -0.2) is 11.0 Å². The molecule has 2 N–H and O–H groups in total. The molecule has 3 nitrogen and oxygen atoms in total. The van der Waals surface area contributed by atoms with E-state index in [1.165, 1.54) is 12.5 Å². The van der Waals surface area contributed by atoms with E-state index in [0.717, 1.165) is 18.4 Å². The molecule has 0 radical (unpaired) electrons. The van der Waals surface area contributed by atoms with Gasteiger partial charge in [-0.1, -0.05) is 36.4 Å². The summed E-state index contributed by atoms with van der Waals surface area (Å²) in [6, 6.07) is 15.6. The Morgan fingerprint density at radius 3 is 2.37 bits per heavy atom. The molecule has 0 bridgehead atoms. The van der Waals surface area contributed by atoms with Crippen molar-refractivity contribution in [2.24, 2.45) is 0 Å². The number of hydrogen-bond donors (Lipinski definition) is 2. The Labute approximate surface area is 112 Å². The molecular formula is C16H17NO2. The summed E-state index contributed by atoms with van der Waals surface area (Å²) in [6.07, 6.45) is 1.79. The molecule has 0 saturated carbocycles. The number of carbonyl (C=O) groups excluding carboxylic acids is 1. The molecule has 98 valence electrons. The number of carbonyl (C=O) groups is 1. The molecule has 0 heterocycles. The normalized spacial score (nSPS) is 10.2. The van der Waals surface area contributed by atoms with Crippen molar-refractivity contribution in [3.8, 4) is 5.75 Å². The van der Waals surface area contributed by atoms with Crippen molar-refractivity contribution in [1.29, 1.82) is 0 Å². The van der Waals surface area contributed by atoms with Crippen LogP contribution in [0.5, 0.6) is 5.75 Å². The predicted octanol–water partition coefficient (Wildman–Crippen LogP) is 3.14. The fraction of sp³-hybridized carbons (Fsp3) is 0.188. The summed E-state index contributed by atoms with van der Waals surface area (Å²) in [7, 11) is 0. The highest BCUT2D eigenvalue weighted by atomic mass is 16.3. The van der Waals surface area contributed by atoms with E-state index < -0.39 is 0 Å². The highest BCUT2D eigenvalue weighted by molar-refractivity contribution is 5.90. The molecule has 2 aromatic rings. The Balaban J connectivity index is 2.02. The molecule has 2 aromatic carbocycles. The zero-order valence-corrected chi connectivity index (χ0v) is 10.9. The van der Waals surface area contributed by atoms with Crippen LogP contribution in [-0.2, 0) is 17.6 Å². The Bertz CT molecular complexity index is 564. The molecule has 1 amide bonds. The largest absolute Gasteiger partial charge is 0.506 e. The van der Waals surface area contributed by atoms with Crippen LogP contribution in [0.2, 0.25) is 0 Å². The maximum absolute atomic E-state index is 10.9. The average molecular weight is 255 g/mol. The third-order valence-corrected chi connectivity index (χ3v) is 2.92. The topological polar surface area (TPSA) is 49.3 Å². The number of aryl methyl sites for hydroxylation is 2. The number of hydrogen-bond acceptors (Lipinski definition) is 2. The number of benzene rings is 2. The van der Waals surface area contributed by atoms with E-state index >= 15 is 0 Å². The van der Waals surface area contributed by atoms with E-state index in [2.05, 4.69) is 17.4 Å². The lowest BCUT2D eigenvalue weighted by Crippen LogP contribution is -2.06. The lowest BCUT2D eigenvalue weighted by atomic mass is 10.0. The van der Waals surface area contributed by atoms with Crippen molar-refractivity contribution in [2.45, 2.75) is 19.8 Å². The van der Waals surface area contributed by atoms with Crippen molar-refractivity contribution < 1.29 is 9.90 Å². The van der Waals surface area contributed by atoms with Gasteiger partial charge in [0.1, 0.15) is 5.75 Å². The van der Waals surface area contributed by atoms with Gasteiger partial charge in [-0.05, 0) is 36.1 Å². The van der Waals surface area contributed by atoms with Crippen LogP contribution >= 0.6 is 0 Å². The second-order valence-electron chi connectivity index (χ2n) is 4.52. The summed E-state index contributed by atoms with van der Waals surface area (Å²) in [5, 5.41) is 12.4. The monoisotopic (exact) mass is 255 g/mol. The minimum Gasteiger partial charge on any atom is -0.506 e. The Morgan fingerprint density at radius 1 is 1.05 bits per heavy atom. The van der Waals surface area contributed by atoms with Crippen molar-refractivity contribution >= 4 is 11.6 Å². The second-order valence-corrected chi connectivity index (χ2v) is 4.52. The third kappa shape index (κ3) is 3.85. The van der Waals surface area contributed by atoms with Gasteiger partial charge in [-0.25, -0.2) is 0 Å². The molecule has 0 saturated heterocycles. The molecule has 0 aliphatic carbocycles. The highest BCUT2D eigenvalue weighted by Crippen LogP contribution is 2.24. The smallest absolute Gasteiger partial charge is 0.221 e. The summed E-state index contributed by atoms with van der Waals surface area (Å²) in [6.45, 7) is 1.42. The van der Waals surface area contributed by atoms with Crippen LogP contribution in [0, 0.1) is 0 Å². The maximum Gasteiger partial charge on any atom is 0.221 e. The number of phenols is 1. The van der Waals surface area contributed by atoms with Crippen molar-refractivity contribution in [3.63, 3.8) is 0 Å². The van der Waals surface area contributed by atoms with Crippen molar-refractivity contribution in [3.05, 3.63) is 59.7 Å². The van der Waals surface area contributed by atoms with Crippen LogP contribution in [0.1, 0.15) is 18.1 Å². The number of aromatic hydroxyl groups is 1. The first-order chi connectivity index (χ1) is 9.15. The Morgan fingerprint density at radius 2 is 1.74 bits per heavy atom. The first-order valence-corrected chi connectivity index (χ1v) is 6.28. The van der Waals surface area contributed by atoms with Gasteiger partial charge < -0.3 is 10.4 Å². The number of phenolic OH excluding ortho intramolecular Hbond substituents is 1. The summed E-state index contributed by atoms with van der Waals surface area (Å²) in [4.78, 5) is 10.9.